The molecule has 26 heavy (non-hydrogen) atoms. The van der Waals surface area contributed by atoms with Crippen molar-refractivity contribution < 1.29 is 9.53 Å². The van der Waals surface area contributed by atoms with Gasteiger partial charge in [0.2, 0.25) is 5.88 Å². The Kier molecular flexibility index (Phi) is 5.11. The first-order chi connectivity index (χ1) is 12.5. The van der Waals surface area contributed by atoms with Gasteiger partial charge in [-0.05, 0) is 36.9 Å². The van der Waals surface area contributed by atoms with Crippen LogP contribution in [0.25, 0.3) is 0 Å². The van der Waals surface area contributed by atoms with E-state index < -0.39 is 5.37 Å². The Morgan fingerprint density at radius 1 is 1.38 bits per heavy atom. The number of hydrogen-bond acceptors (Lipinski definition) is 7. The van der Waals surface area contributed by atoms with Gasteiger partial charge < -0.3 is 9.64 Å². The van der Waals surface area contributed by atoms with Gasteiger partial charge in [0.25, 0.3) is 5.91 Å². The summed E-state index contributed by atoms with van der Waals surface area (Å²) in [7, 11) is 3.14. The Balaban J connectivity index is 2.31. The molecule has 0 fully saturated rings. The molecule has 1 aromatic heterocycles. The molecule has 7 nitrogen and oxygen atoms in total. The zero-order valence-corrected chi connectivity index (χ0v) is 15.8. The molecule has 2 aromatic rings. The number of amides is 1. The largest absolute Gasteiger partial charge is 0.480 e. The van der Waals surface area contributed by atoms with Crippen molar-refractivity contribution in [1.29, 1.82) is 5.26 Å². The molecule has 132 valence electrons. The predicted molar refractivity (Wildman–Crippen MR) is 101 cm³/mol. The number of aromatic nitrogens is 2. The number of carbonyl (C=O) groups excluding carboxylic acids is 1. The molecule has 0 N–H and O–H groups in total. The average molecular weight is 388 g/mol. The van der Waals surface area contributed by atoms with Crippen LogP contribution in [0.3, 0.4) is 0 Å². The SMILES string of the molecule is COc1nc(C)ncc1C1=NC(SC#N)C(=O)N(C)c2ccc(Cl)cc21. The Bertz CT molecular complexity index is 957. The van der Waals surface area contributed by atoms with Crippen LogP contribution in [-0.4, -0.2) is 41.1 Å². The highest BCUT2D eigenvalue weighted by molar-refractivity contribution is 8.05. The molecule has 1 unspecified atom stereocenters. The molecule has 0 radical (unpaired) electrons. The molecular weight excluding hydrogens is 374 g/mol. The first kappa shape index (κ1) is 18.2. The number of nitriles is 1. The second kappa shape index (κ2) is 7.32. The van der Waals surface area contributed by atoms with E-state index in [1.54, 1.807) is 38.4 Å². The van der Waals surface area contributed by atoms with Crippen molar-refractivity contribution >= 4 is 40.7 Å². The van der Waals surface area contributed by atoms with Gasteiger partial charge in [0.05, 0.1) is 24.1 Å². The van der Waals surface area contributed by atoms with Crippen LogP contribution in [0.4, 0.5) is 5.69 Å². The van der Waals surface area contributed by atoms with Gasteiger partial charge in [-0.1, -0.05) is 11.6 Å². The fourth-order valence-corrected chi connectivity index (χ4v) is 3.31. The number of thiocyanates is 1. The molecule has 1 aromatic carbocycles. The molecule has 1 aliphatic rings. The van der Waals surface area contributed by atoms with Crippen LogP contribution in [0.15, 0.2) is 29.4 Å². The van der Waals surface area contributed by atoms with Crippen LogP contribution in [-0.2, 0) is 4.79 Å². The van der Waals surface area contributed by atoms with E-state index in [0.717, 1.165) is 11.8 Å². The third kappa shape index (κ3) is 3.23. The maximum Gasteiger partial charge on any atom is 0.262 e. The Labute approximate surface area is 159 Å². The normalized spacial score (nSPS) is 16.4. The van der Waals surface area contributed by atoms with Crippen molar-refractivity contribution in [3.8, 4) is 11.3 Å². The van der Waals surface area contributed by atoms with Gasteiger partial charge in [-0.15, -0.1) is 0 Å². The van der Waals surface area contributed by atoms with E-state index in [0.29, 0.717) is 39.3 Å². The summed E-state index contributed by atoms with van der Waals surface area (Å²) < 4.78 is 5.38. The van der Waals surface area contributed by atoms with Crippen LogP contribution < -0.4 is 9.64 Å². The maximum atomic E-state index is 12.7. The fraction of sp³-hybridized carbons (Fsp3) is 0.235. The van der Waals surface area contributed by atoms with Crippen molar-refractivity contribution in [2.75, 3.05) is 19.1 Å². The van der Waals surface area contributed by atoms with Gasteiger partial charge >= 0.3 is 0 Å². The van der Waals surface area contributed by atoms with Crippen molar-refractivity contribution in [2.24, 2.45) is 4.99 Å². The Morgan fingerprint density at radius 2 is 2.15 bits per heavy atom. The molecule has 9 heteroatoms. The number of hydrogen-bond donors (Lipinski definition) is 0. The molecule has 1 aliphatic heterocycles. The van der Waals surface area contributed by atoms with Gasteiger partial charge in [0.15, 0.2) is 5.37 Å². The first-order valence-electron chi connectivity index (χ1n) is 7.54. The number of benzodiazepines with no additional fused rings is 1. The van der Waals surface area contributed by atoms with Crippen LogP contribution in [0.1, 0.15) is 17.0 Å². The molecule has 0 bridgehead atoms. The summed E-state index contributed by atoms with van der Waals surface area (Å²) in [6.07, 6.45) is 1.59. The molecular formula is C17H14ClN5O2S. The number of benzene rings is 1. The van der Waals surface area contributed by atoms with E-state index in [1.165, 1.54) is 12.0 Å². The summed E-state index contributed by atoms with van der Waals surface area (Å²) in [5.41, 5.74) is 2.24. The first-order valence-corrected chi connectivity index (χ1v) is 8.80. The lowest BCUT2D eigenvalue weighted by molar-refractivity contribution is -0.117. The second-order valence-electron chi connectivity index (χ2n) is 5.44. The Morgan fingerprint density at radius 3 is 2.85 bits per heavy atom. The van der Waals surface area contributed by atoms with Crippen molar-refractivity contribution in [3.63, 3.8) is 0 Å². The topological polar surface area (TPSA) is 91.5 Å². The summed E-state index contributed by atoms with van der Waals surface area (Å²) in [6, 6.07) is 5.16. The highest BCUT2D eigenvalue weighted by Crippen LogP contribution is 2.33. The number of rotatable bonds is 3. The number of halogens is 1. The summed E-state index contributed by atoms with van der Waals surface area (Å²) in [5.74, 6) is 0.573. The molecule has 0 saturated carbocycles. The van der Waals surface area contributed by atoms with Crippen LogP contribution >= 0.6 is 23.4 Å². The lowest BCUT2D eigenvalue weighted by atomic mass is 10.0. The molecule has 0 aliphatic carbocycles. The van der Waals surface area contributed by atoms with E-state index in [9.17, 15) is 4.79 Å². The summed E-state index contributed by atoms with van der Waals surface area (Å²) in [6.45, 7) is 1.75. The van der Waals surface area contributed by atoms with Crippen LogP contribution in [0, 0.1) is 17.6 Å². The standard InChI is InChI=1S/C17H14ClN5O2S/c1-9-20-7-12(15(21-9)25-3)14-11-6-10(18)4-5-13(11)23(2)17(24)16(22-14)26-8-19/h4-7,16H,1-3H3. The number of likely N-dealkylation sites (N-methyl/N-ethyl adjacent to an activating group) is 1. The van der Waals surface area contributed by atoms with Crippen molar-refractivity contribution in [2.45, 2.75) is 12.3 Å². The number of ether oxygens (including phenoxy) is 1. The maximum absolute atomic E-state index is 12.7. The molecule has 0 spiro atoms. The number of anilines is 1. The van der Waals surface area contributed by atoms with Gasteiger partial charge in [-0.2, -0.15) is 10.2 Å². The number of aliphatic imine (C=N–C) groups is 1. The summed E-state index contributed by atoms with van der Waals surface area (Å²) in [5, 5.41) is 10.6. The number of nitrogens with zero attached hydrogens (tertiary/aromatic N) is 5. The number of carbonyl (C=O) groups is 1. The number of methoxy groups -OCH3 is 1. The third-order valence-electron chi connectivity index (χ3n) is 3.85. The van der Waals surface area contributed by atoms with E-state index in [1.807, 2.05) is 5.40 Å². The molecule has 1 atom stereocenters. The lowest BCUT2D eigenvalue weighted by Gasteiger charge is -2.19. The fourth-order valence-electron chi connectivity index (χ4n) is 2.63. The van der Waals surface area contributed by atoms with Gasteiger partial charge in [0, 0.05) is 23.8 Å². The number of thioether (sulfide) groups is 1. The third-order valence-corrected chi connectivity index (χ3v) is 4.72. The van der Waals surface area contributed by atoms with E-state index >= 15 is 0 Å². The highest BCUT2D eigenvalue weighted by atomic mass is 35.5. The minimum absolute atomic E-state index is 0.304. The van der Waals surface area contributed by atoms with Gasteiger partial charge in [-0.25, -0.2) is 4.98 Å². The minimum Gasteiger partial charge on any atom is -0.480 e. The number of aryl methyl sites for hydroxylation is 1. The quantitative estimate of drug-likeness (QED) is 0.752. The molecule has 2 heterocycles. The zero-order valence-electron chi connectivity index (χ0n) is 14.2. The smallest absolute Gasteiger partial charge is 0.262 e. The van der Waals surface area contributed by atoms with Gasteiger partial charge in [0.1, 0.15) is 11.2 Å². The van der Waals surface area contributed by atoms with Crippen molar-refractivity contribution in [1.82, 2.24) is 9.97 Å². The zero-order chi connectivity index (χ0) is 18.8. The van der Waals surface area contributed by atoms with Gasteiger partial charge in [-0.3, -0.25) is 9.79 Å². The molecule has 0 saturated heterocycles. The number of fused-ring (bicyclic) bond motifs is 1. The highest BCUT2D eigenvalue weighted by Gasteiger charge is 2.32. The Hall–Kier alpha value is -2.63. The lowest BCUT2D eigenvalue weighted by Crippen LogP contribution is -2.32. The molecule has 1 amide bonds. The predicted octanol–water partition coefficient (Wildman–Crippen LogP) is 2.80. The van der Waals surface area contributed by atoms with Crippen LogP contribution in [0.2, 0.25) is 5.02 Å². The van der Waals surface area contributed by atoms with E-state index in [4.69, 9.17) is 21.6 Å². The minimum atomic E-state index is -0.919. The van der Waals surface area contributed by atoms with Crippen LogP contribution in [0.5, 0.6) is 5.88 Å². The molecule has 3 rings (SSSR count). The monoisotopic (exact) mass is 387 g/mol. The van der Waals surface area contributed by atoms with Crippen molar-refractivity contribution in [3.05, 3.63) is 46.4 Å². The second-order valence-corrected chi connectivity index (χ2v) is 6.74. The van der Waals surface area contributed by atoms with E-state index in [-0.39, 0.29) is 5.91 Å². The summed E-state index contributed by atoms with van der Waals surface area (Å²) >= 11 is 6.96. The van der Waals surface area contributed by atoms with E-state index in [2.05, 4.69) is 15.0 Å². The summed E-state index contributed by atoms with van der Waals surface area (Å²) in [4.78, 5) is 27.2. The average Bonchev–Trinajstić information content (AvgIpc) is 2.72.